The van der Waals surface area contributed by atoms with Crippen LogP contribution in [0.25, 0.3) is 0 Å². The zero-order valence-corrected chi connectivity index (χ0v) is 11.1. The van der Waals surface area contributed by atoms with Gasteiger partial charge in [-0.25, -0.2) is 0 Å². The minimum Gasteiger partial charge on any atom is -0.480 e. The van der Waals surface area contributed by atoms with E-state index >= 15 is 0 Å². The lowest BCUT2D eigenvalue weighted by atomic mass is 9.98. The van der Waals surface area contributed by atoms with E-state index in [0.717, 1.165) is 11.1 Å². The summed E-state index contributed by atoms with van der Waals surface area (Å²) in [6.07, 6.45) is 0. The summed E-state index contributed by atoms with van der Waals surface area (Å²) in [4.78, 5) is 23.4. The molecule has 2 aromatic rings. The van der Waals surface area contributed by atoms with Crippen LogP contribution in [-0.2, 0) is 9.59 Å². The molecule has 2 N–H and O–H groups in total. The number of hydrogen-bond donors (Lipinski definition) is 2. The third-order valence-corrected chi connectivity index (χ3v) is 4.23. The predicted octanol–water partition coefficient (Wildman–Crippen LogP) is 2.72. The topological polar surface area (TPSA) is 74.6 Å². The second-order valence-corrected chi connectivity index (χ2v) is 5.26. The first-order chi connectivity index (χ1) is 10.1. The Morgan fingerprint density at radius 1 is 0.714 bits per heavy atom. The van der Waals surface area contributed by atoms with Gasteiger partial charge >= 0.3 is 11.9 Å². The van der Waals surface area contributed by atoms with Crippen LogP contribution in [0.1, 0.15) is 23.0 Å². The predicted molar refractivity (Wildman–Crippen MR) is 76.1 cm³/mol. The Balaban J connectivity index is 2.13. The summed E-state index contributed by atoms with van der Waals surface area (Å²) in [7, 11) is 0. The van der Waals surface area contributed by atoms with Crippen LogP contribution < -0.4 is 0 Å². The van der Waals surface area contributed by atoms with E-state index in [1.807, 2.05) is 12.1 Å². The first-order valence-corrected chi connectivity index (χ1v) is 6.66. The van der Waals surface area contributed by atoms with Gasteiger partial charge in [0.25, 0.3) is 0 Å². The lowest BCUT2D eigenvalue weighted by Crippen LogP contribution is -2.28. The second-order valence-electron chi connectivity index (χ2n) is 5.26. The van der Waals surface area contributed by atoms with E-state index in [1.54, 1.807) is 48.5 Å². The molecule has 106 valence electrons. The fourth-order valence-corrected chi connectivity index (χ4v) is 3.24. The number of carboxylic acid groups (broad SMARTS) is 2. The first kappa shape index (κ1) is 13.4. The van der Waals surface area contributed by atoms with E-state index < -0.39 is 29.2 Å². The zero-order valence-electron chi connectivity index (χ0n) is 11.1. The molecule has 0 radical (unpaired) electrons. The number of hydrogen-bond acceptors (Lipinski definition) is 2. The number of benzene rings is 2. The molecule has 2 atom stereocenters. The van der Waals surface area contributed by atoms with Crippen molar-refractivity contribution in [2.75, 3.05) is 0 Å². The van der Waals surface area contributed by atoms with Crippen LogP contribution in [0.3, 0.4) is 0 Å². The largest absolute Gasteiger partial charge is 0.480 e. The van der Waals surface area contributed by atoms with Gasteiger partial charge in [0.05, 0.1) is 0 Å². The van der Waals surface area contributed by atoms with Crippen molar-refractivity contribution in [3.05, 3.63) is 71.8 Å². The highest BCUT2D eigenvalue weighted by atomic mass is 16.4. The summed E-state index contributed by atoms with van der Waals surface area (Å²) < 4.78 is 0. The van der Waals surface area contributed by atoms with E-state index in [1.165, 1.54) is 0 Å². The number of carbonyl (C=O) groups is 2. The summed E-state index contributed by atoms with van der Waals surface area (Å²) in [5, 5.41) is 19.1. The van der Waals surface area contributed by atoms with Crippen molar-refractivity contribution in [1.29, 1.82) is 0 Å². The van der Waals surface area contributed by atoms with Crippen LogP contribution in [0.5, 0.6) is 0 Å². The SMILES string of the molecule is O=C(O)C1(C(=O)O)C(c2ccccc2)C1c1ccccc1. The normalized spacial score (nSPS) is 22.5. The highest BCUT2D eigenvalue weighted by Crippen LogP contribution is 2.70. The maximum atomic E-state index is 11.7. The van der Waals surface area contributed by atoms with Crippen LogP contribution in [-0.4, -0.2) is 22.2 Å². The molecule has 0 bridgehead atoms. The van der Waals surface area contributed by atoms with Gasteiger partial charge in [0.1, 0.15) is 0 Å². The van der Waals surface area contributed by atoms with Crippen LogP contribution in [0.4, 0.5) is 0 Å². The summed E-state index contributed by atoms with van der Waals surface area (Å²) in [6, 6.07) is 18.0. The molecular formula is C17H14O4. The van der Waals surface area contributed by atoms with E-state index in [2.05, 4.69) is 0 Å². The van der Waals surface area contributed by atoms with Gasteiger partial charge in [-0.2, -0.15) is 0 Å². The molecule has 1 saturated carbocycles. The molecule has 4 heteroatoms. The van der Waals surface area contributed by atoms with Crippen LogP contribution >= 0.6 is 0 Å². The first-order valence-electron chi connectivity index (χ1n) is 6.66. The lowest BCUT2D eigenvalue weighted by Gasteiger charge is -2.07. The minimum atomic E-state index is -1.78. The smallest absolute Gasteiger partial charge is 0.322 e. The molecule has 0 aliphatic heterocycles. The van der Waals surface area contributed by atoms with Gasteiger partial charge in [0.2, 0.25) is 0 Å². The maximum Gasteiger partial charge on any atom is 0.322 e. The van der Waals surface area contributed by atoms with Gasteiger partial charge in [-0.15, -0.1) is 0 Å². The lowest BCUT2D eigenvalue weighted by molar-refractivity contribution is -0.157. The average molecular weight is 282 g/mol. The molecule has 1 aliphatic carbocycles. The maximum absolute atomic E-state index is 11.7. The third kappa shape index (κ3) is 1.83. The van der Waals surface area contributed by atoms with Crippen LogP contribution in [0.15, 0.2) is 60.7 Å². The van der Waals surface area contributed by atoms with Gasteiger partial charge < -0.3 is 10.2 Å². The van der Waals surface area contributed by atoms with Gasteiger partial charge in [-0.05, 0) is 11.1 Å². The van der Waals surface area contributed by atoms with Crippen LogP contribution in [0, 0.1) is 5.41 Å². The zero-order chi connectivity index (χ0) is 15.0. The highest BCUT2D eigenvalue weighted by Gasteiger charge is 2.76. The number of aliphatic carboxylic acids is 2. The van der Waals surface area contributed by atoms with Crippen LogP contribution in [0.2, 0.25) is 0 Å². The van der Waals surface area contributed by atoms with Gasteiger partial charge in [-0.1, -0.05) is 60.7 Å². The molecule has 21 heavy (non-hydrogen) atoms. The van der Waals surface area contributed by atoms with Crippen molar-refractivity contribution in [3.63, 3.8) is 0 Å². The highest BCUT2D eigenvalue weighted by molar-refractivity contribution is 6.06. The average Bonchev–Trinajstić information content (AvgIpc) is 3.20. The summed E-state index contributed by atoms with van der Waals surface area (Å²) >= 11 is 0. The molecule has 0 heterocycles. The Labute approximate surface area is 121 Å². The minimum absolute atomic E-state index is 0.545. The van der Waals surface area contributed by atoms with E-state index in [9.17, 15) is 19.8 Å². The van der Waals surface area contributed by atoms with Crippen molar-refractivity contribution in [3.8, 4) is 0 Å². The van der Waals surface area contributed by atoms with Gasteiger partial charge in [0, 0.05) is 11.8 Å². The summed E-state index contributed by atoms with van der Waals surface area (Å²) in [5.41, 5.74) is -0.282. The van der Waals surface area contributed by atoms with Gasteiger partial charge in [0.15, 0.2) is 5.41 Å². The Morgan fingerprint density at radius 2 is 1.05 bits per heavy atom. The van der Waals surface area contributed by atoms with Crippen molar-refractivity contribution < 1.29 is 19.8 Å². The molecule has 0 aromatic heterocycles. The van der Waals surface area contributed by atoms with Crippen molar-refractivity contribution in [2.24, 2.45) is 5.41 Å². The molecule has 3 rings (SSSR count). The Kier molecular flexibility index (Phi) is 3.01. The van der Waals surface area contributed by atoms with E-state index in [0.29, 0.717) is 0 Å². The number of carboxylic acids is 2. The Hall–Kier alpha value is -2.62. The van der Waals surface area contributed by atoms with E-state index in [-0.39, 0.29) is 0 Å². The molecule has 0 amide bonds. The Morgan fingerprint density at radius 3 is 1.33 bits per heavy atom. The van der Waals surface area contributed by atoms with Crippen molar-refractivity contribution in [2.45, 2.75) is 11.8 Å². The molecule has 1 aliphatic rings. The third-order valence-electron chi connectivity index (χ3n) is 4.23. The summed E-state index contributed by atoms with van der Waals surface area (Å²) in [6.45, 7) is 0. The molecule has 0 spiro atoms. The van der Waals surface area contributed by atoms with Crippen molar-refractivity contribution >= 4 is 11.9 Å². The van der Waals surface area contributed by atoms with Crippen molar-refractivity contribution in [1.82, 2.24) is 0 Å². The number of rotatable bonds is 4. The molecule has 4 nitrogen and oxygen atoms in total. The molecule has 0 saturated heterocycles. The monoisotopic (exact) mass is 282 g/mol. The fourth-order valence-electron chi connectivity index (χ4n) is 3.24. The second kappa shape index (κ2) is 4.74. The standard InChI is InChI=1S/C17H14O4/c18-15(19)17(16(20)21)13(11-7-3-1-4-8-11)14(17)12-9-5-2-6-10-12/h1-10,13-14H,(H,18,19)(H,20,21). The summed E-state index contributed by atoms with van der Waals surface area (Å²) in [5.74, 6) is -3.65. The Bertz CT molecular complexity index is 617. The fraction of sp³-hybridized carbons (Fsp3) is 0.176. The van der Waals surface area contributed by atoms with Gasteiger partial charge in [-0.3, -0.25) is 9.59 Å². The van der Waals surface area contributed by atoms with E-state index in [4.69, 9.17) is 0 Å². The quantitative estimate of drug-likeness (QED) is 0.845. The molecule has 1 fully saturated rings. The molecular weight excluding hydrogens is 268 g/mol. The molecule has 2 aromatic carbocycles. The molecule has 2 unspecified atom stereocenters.